The summed E-state index contributed by atoms with van der Waals surface area (Å²) in [6, 6.07) is 7.19. The molecule has 1 aliphatic heterocycles. The van der Waals surface area contributed by atoms with Gasteiger partial charge in [0.1, 0.15) is 0 Å². The molecule has 0 aromatic heterocycles. The number of hydrogen-bond acceptors (Lipinski definition) is 2. The number of nitrogens with one attached hydrogen (secondary N) is 2. The van der Waals surface area contributed by atoms with Crippen LogP contribution < -0.4 is 10.6 Å². The van der Waals surface area contributed by atoms with E-state index < -0.39 is 11.8 Å². The van der Waals surface area contributed by atoms with Crippen molar-refractivity contribution in [1.82, 2.24) is 10.6 Å². The number of halogens is 3. The van der Waals surface area contributed by atoms with Crippen LogP contribution in [-0.4, -0.2) is 25.5 Å². The Morgan fingerprint density at radius 1 is 1.33 bits per heavy atom. The highest BCUT2D eigenvalue weighted by Crippen LogP contribution is 2.27. The Morgan fingerprint density at radius 3 is 2.67 bits per heavy atom. The van der Waals surface area contributed by atoms with Gasteiger partial charge in [0.2, 0.25) is 0 Å². The van der Waals surface area contributed by atoms with Gasteiger partial charge in [-0.3, -0.25) is 4.79 Å². The van der Waals surface area contributed by atoms with Crippen LogP contribution in [0, 0.1) is 5.92 Å². The molecule has 2 N–H and O–H groups in total. The lowest BCUT2D eigenvalue weighted by molar-refractivity contribution is -0.147. The minimum atomic E-state index is -3.47. The van der Waals surface area contributed by atoms with Crippen molar-refractivity contribution in [2.24, 2.45) is 5.92 Å². The zero-order chi connectivity index (χ0) is 14.4. The first-order valence-electron chi connectivity index (χ1n) is 7.03. The van der Waals surface area contributed by atoms with Crippen LogP contribution in [-0.2, 0) is 10.7 Å². The summed E-state index contributed by atoms with van der Waals surface area (Å²) in [4.78, 5) is 11.6. The van der Waals surface area contributed by atoms with Crippen molar-refractivity contribution in [1.29, 1.82) is 0 Å². The number of piperidine rings is 1. The highest BCUT2D eigenvalue weighted by molar-refractivity contribution is 5.85. The Kier molecular flexibility index (Phi) is 7.05. The third-order valence-corrected chi connectivity index (χ3v) is 3.66. The highest BCUT2D eigenvalue weighted by Gasteiger charge is 2.40. The summed E-state index contributed by atoms with van der Waals surface area (Å²) in [6.45, 7) is 2.23. The van der Waals surface area contributed by atoms with Crippen molar-refractivity contribution < 1.29 is 13.6 Å². The fourth-order valence-corrected chi connectivity index (χ4v) is 2.45. The summed E-state index contributed by atoms with van der Waals surface area (Å²) in [5, 5.41) is 5.62. The average molecular weight is 319 g/mol. The predicted molar refractivity (Wildman–Crippen MR) is 80.8 cm³/mol. The Morgan fingerprint density at radius 2 is 2.05 bits per heavy atom. The fourth-order valence-electron chi connectivity index (χ4n) is 2.45. The van der Waals surface area contributed by atoms with Crippen LogP contribution in [0.15, 0.2) is 30.3 Å². The van der Waals surface area contributed by atoms with E-state index in [1.54, 1.807) is 6.07 Å². The summed E-state index contributed by atoms with van der Waals surface area (Å²) in [6.07, 6.45) is 2.94. The molecular formula is C15H21ClF2N2O. The van der Waals surface area contributed by atoms with Gasteiger partial charge in [0, 0.05) is 12.1 Å². The lowest BCUT2D eigenvalue weighted by atomic mass is 9.96. The van der Waals surface area contributed by atoms with Crippen LogP contribution >= 0.6 is 12.4 Å². The largest absolute Gasteiger partial charge is 0.351 e. The monoisotopic (exact) mass is 318 g/mol. The molecule has 0 saturated carbocycles. The quantitative estimate of drug-likeness (QED) is 0.876. The Balaban J connectivity index is 0.00000220. The number of rotatable bonds is 5. The summed E-state index contributed by atoms with van der Waals surface area (Å²) in [5.74, 6) is -4.21. The van der Waals surface area contributed by atoms with Gasteiger partial charge in [-0.05, 0) is 38.3 Å². The lowest BCUT2D eigenvalue weighted by Gasteiger charge is -2.23. The lowest BCUT2D eigenvalue weighted by Crippen LogP contribution is -2.40. The van der Waals surface area contributed by atoms with Crippen LogP contribution in [0.1, 0.15) is 24.8 Å². The summed E-state index contributed by atoms with van der Waals surface area (Å²) in [7, 11) is 0. The van der Waals surface area contributed by atoms with E-state index in [1.165, 1.54) is 24.3 Å². The Hall–Kier alpha value is -1.20. The van der Waals surface area contributed by atoms with E-state index >= 15 is 0 Å². The van der Waals surface area contributed by atoms with Gasteiger partial charge in [0.25, 0.3) is 5.91 Å². The van der Waals surface area contributed by atoms with Crippen LogP contribution in [0.25, 0.3) is 0 Å². The normalized spacial score (nSPS) is 18.7. The molecule has 3 nitrogen and oxygen atoms in total. The maximum atomic E-state index is 13.9. The van der Waals surface area contributed by atoms with Gasteiger partial charge in [-0.15, -0.1) is 12.4 Å². The van der Waals surface area contributed by atoms with Crippen molar-refractivity contribution in [3.05, 3.63) is 35.9 Å². The molecule has 0 radical (unpaired) electrons. The third kappa shape index (κ3) is 4.93. The second kappa shape index (κ2) is 8.29. The van der Waals surface area contributed by atoms with E-state index in [2.05, 4.69) is 10.6 Å². The number of amides is 1. The van der Waals surface area contributed by atoms with E-state index in [9.17, 15) is 13.6 Å². The maximum Gasteiger partial charge on any atom is 0.349 e. The van der Waals surface area contributed by atoms with Gasteiger partial charge in [-0.1, -0.05) is 30.3 Å². The number of carbonyl (C=O) groups excluding carboxylic acids is 1. The molecule has 1 aromatic carbocycles. The molecule has 1 fully saturated rings. The Bertz CT molecular complexity index is 437. The smallest absolute Gasteiger partial charge is 0.349 e. The summed E-state index contributed by atoms with van der Waals surface area (Å²) < 4.78 is 27.8. The number of hydrogen-bond donors (Lipinski definition) is 2. The van der Waals surface area contributed by atoms with Crippen molar-refractivity contribution in [2.75, 3.05) is 19.6 Å². The molecule has 1 aromatic rings. The fraction of sp³-hybridized carbons (Fsp3) is 0.533. The molecule has 2 rings (SSSR count). The van der Waals surface area contributed by atoms with Gasteiger partial charge < -0.3 is 10.6 Å². The SMILES string of the molecule is Cl.O=C(NCCC1CCCNC1)C(F)(F)c1ccccc1. The van der Waals surface area contributed by atoms with Gasteiger partial charge in [0.05, 0.1) is 0 Å². The maximum absolute atomic E-state index is 13.9. The van der Waals surface area contributed by atoms with Gasteiger partial charge in [0.15, 0.2) is 0 Å². The van der Waals surface area contributed by atoms with E-state index in [4.69, 9.17) is 0 Å². The summed E-state index contributed by atoms with van der Waals surface area (Å²) >= 11 is 0. The second-order valence-corrected chi connectivity index (χ2v) is 5.20. The van der Waals surface area contributed by atoms with E-state index in [0.29, 0.717) is 12.5 Å². The molecule has 0 bridgehead atoms. The second-order valence-electron chi connectivity index (χ2n) is 5.20. The van der Waals surface area contributed by atoms with E-state index in [0.717, 1.165) is 32.4 Å². The van der Waals surface area contributed by atoms with Crippen LogP contribution in [0.5, 0.6) is 0 Å². The number of benzene rings is 1. The molecule has 118 valence electrons. The minimum absolute atomic E-state index is 0. The number of alkyl halides is 2. The first kappa shape index (κ1) is 17.9. The molecule has 6 heteroatoms. The molecule has 1 unspecified atom stereocenters. The standard InChI is InChI=1S/C15H20F2N2O.ClH/c16-15(17,13-6-2-1-3-7-13)14(20)19-10-8-12-5-4-9-18-11-12;/h1-3,6-7,12,18H,4-5,8-11H2,(H,19,20);1H. The molecule has 0 aliphatic carbocycles. The zero-order valence-electron chi connectivity index (χ0n) is 11.8. The molecule has 0 spiro atoms. The topological polar surface area (TPSA) is 41.1 Å². The zero-order valence-corrected chi connectivity index (χ0v) is 12.6. The third-order valence-electron chi connectivity index (χ3n) is 3.66. The van der Waals surface area contributed by atoms with Gasteiger partial charge in [-0.25, -0.2) is 0 Å². The van der Waals surface area contributed by atoms with E-state index in [-0.39, 0.29) is 18.0 Å². The van der Waals surface area contributed by atoms with Gasteiger partial charge in [-0.2, -0.15) is 8.78 Å². The average Bonchev–Trinajstić information content (AvgIpc) is 2.49. The van der Waals surface area contributed by atoms with Crippen molar-refractivity contribution in [3.63, 3.8) is 0 Å². The molecule has 1 atom stereocenters. The Labute approximate surface area is 129 Å². The molecule has 1 heterocycles. The van der Waals surface area contributed by atoms with Crippen LogP contribution in [0.3, 0.4) is 0 Å². The van der Waals surface area contributed by atoms with Crippen LogP contribution in [0.4, 0.5) is 8.78 Å². The highest BCUT2D eigenvalue weighted by atomic mass is 35.5. The van der Waals surface area contributed by atoms with Crippen molar-refractivity contribution >= 4 is 18.3 Å². The van der Waals surface area contributed by atoms with Gasteiger partial charge >= 0.3 is 5.92 Å². The molecule has 21 heavy (non-hydrogen) atoms. The van der Waals surface area contributed by atoms with Crippen molar-refractivity contribution in [2.45, 2.75) is 25.2 Å². The first-order chi connectivity index (χ1) is 9.60. The number of carbonyl (C=O) groups is 1. The first-order valence-corrected chi connectivity index (χ1v) is 7.03. The predicted octanol–water partition coefficient (Wildman–Crippen LogP) is 2.71. The van der Waals surface area contributed by atoms with Crippen molar-refractivity contribution in [3.8, 4) is 0 Å². The minimum Gasteiger partial charge on any atom is -0.351 e. The summed E-state index contributed by atoms with van der Waals surface area (Å²) in [5.41, 5.74) is -0.267. The molecule has 1 saturated heterocycles. The van der Waals surface area contributed by atoms with E-state index in [1.807, 2.05) is 0 Å². The van der Waals surface area contributed by atoms with Crippen LogP contribution in [0.2, 0.25) is 0 Å². The molecule has 1 amide bonds. The molecular weight excluding hydrogens is 298 g/mol. The molecule has 1 aliphatic rings.